The average Bonchev–Trinajstić information content (AvgIpc) is 2.56. The Labute approximate surface area is 102 Å². The molecule has 0 saturated heterocycles. The van der Waals surface area contributed by atoms with Crippen molar-refractivity contribution in [1.29, 1.82) is 0 Å². The molecule has 0 radical (unpaired) electrons. The maximum Gasteiger partial charge on any atom is 0.0412 e. The van der Waals surface area contributed by atoms with E-state index in [0.29, 0.717) is 0 Å². The van der Waals surface area contributed by atoms with Gasteiger partial charge >= 0.3 is 0 Å². The smallest absolute Gasteiger partial charge is 0.0412 e. The van der Waals surface area contributed by atoms with Gasteiger partial charge < -0.3 is 0 Å². The molecule has 0 aliphatic heterocycles. The molecule has 0 bridgehead atoms. The highest BCUT2D eigenvalue weighted by atomic mass is 79.9. The van der Waals surface area contributed by atoms with Crippen molar-refractivity contribution in [3.05, 3.63) is 57.0 Å². The quantitative estimate of drug-likeness (QED) is 0.561. The number of halogens is 2. The van der Waals surface area contributed by atoms with Crippen LogP contribution in [0.15, 0.2) is 40.9 Å². The summed E-state index contributed by atoms with van der Waals surface area (Å²) in [6.07, 6.45) is 1.02. The Morgan fingerprint density at radius 1 is 0.933 bits per heavy atom. The van der Waals surface area contributed by atoms with E-state index in [9.17, 15) is 0 Å². The van der Waals surface area contributed by atoms with Crippen molar-refractivity contribution in [1.82, 2.24) is 0 Å². The van der Waals surface area contributed by atoms with Crippen molar-refractivity contribution in [3.8, 4) is 11.1 Å². The van der Waals surface area contributed by atoms with Gasteiger partial charge in [-0.3, -0.25) is 0 Å². The fourth-order valence-electron chi connectivity index (χ4n) is 2.11. The van der Waals surface area contributed by atoms with Gasteiger partial charge in [-0.05, 0) is 52.9 Å². The summed E-state index contributed by atoms with van der Waals surface area (Å²) in [6.45, 7) is 0. The zero-order valence-electron chi connectivity index (χ0n) is 7.93. The molecule has 0 amide bonds. The molecule has 1 aliphatic carbocycles. The number of hydrogen-bond acceptors (Lipinski definition) is 0. The summed E-state index contributed by atoms with van der Waals surface area (Å²) in [5.74, 6) is 0. The average molecular weight is 280 g/mol. The van der Waals surface area contributed by atoms with Crippen LogP contribution in [-0.4, -0.2) is 0 Å². The van der Waals surface area contributed by atoms with Crippen LogP contribution in [0.3, 0.4) is 0 Å². The largest absolute Gasteiger partial charge is 0.0843 e. The molecule has 0 nitrogen and oxygen atoms in total. The van der Waals surface area contributed by atoms with Gasteiger partial charge in [-0.1, -0.05) is 39.7 Å². The lowest BCUT2D eigenvalue weighted by molar-refractivity contribution is 1.26. The zero-order valence-corrected chi connectivity index (χ0v) is 10.3. The molecular weight excluding hydrogens is 272 g/mol. The molecule has 0 unspecified atom stereocenters. The Bertz CT molecular complexity index is 497. The second-order valence-corrected chi connectivity index (χ2v) is 5.13. The zero-order chi connectivity index (χ0) is 10.4. The number of rotatable bonds is 0. The molecule has 2 aromatic rings. The molecule has 15 heavy (non-hydrogen) atoms. The van der Waals surface area contributed by atoms with Crippen molar-refractivity contribution >= 4 is 27.5 Å². The van der Waals surface area contributed by atoms with Gasteiger partial charge in [-0.25, -0.2) is 0 Å². The molecule has 1 aliphatic rings. The van der Waals surface area contributed by atoms with Crippen LogP contribution in [0.2, 0.25) is 5.02 Å². The third kappa shape index (κ3) is 1.51. The minimum atomic E-state index is 0.807. The lowest BCUT2D eigenvalue weighted by Crippen LogP contribution is -1.78. The summed E-state index contributed by atoms with van der Waals surface area (Å²) in [4.78, 5) is 0. The maximum atomic E-state index is 6.02. The molecule has 0 spiro atoms. The van der Waals surface area contributed by atoms with E-state index < -0.39 is 0 Å². The SMILES string of the molecule is Clc1ccc2c(c1)-c1cc(Br)ccc1C2. The predicted octanol–water partition coefficient (Wildman–Crippen LogP) is 4.67. The number of hydrogen-bond donors (Lipinski definition) is 0. The van der Waals surface area contributed by atoms with Gasteiger partial charge in [0.2, 0.25) is 0 Å². The highest BCUT2D eigenvalue weighted by molar-refractivity contribution is 9.10. The van der Waals surface area contributed by atoms with Gasteiger partial charge in [0, 0.05) is 9.50 Å². The first-order valence-electron chi connectivity index (χ1n) is 4.81. The van der Waals surface area contributed by atoms with Crippen molar-refractivity contribution in [3.63, 3.8) is 0 Å². The van der Waals surface area contributed by atoms with E-state index in [4.69, 9.17) is 11.6 Å². The third-order valence-corrected chi connectivity index (χ3v) is 3.54. The lowest BCUT2D eigenvalue weighted by atomic mass is 10.1. The van der Waals surface area contributed by atoms with E-state index >= 15 is 0 Å². The van der Waals surface area contributed by atoms with E-state index in [1.807, 2.05) is 6.07 Å². The Hall–Kier alpha value is -0.790. The Morgan fingerprint density at radius 2 is 1.60 bits per heavy atom. The van der Waals surface area contributed by atoms with Gasteiger partial charge in [-0.2, -0.15) is 0 Å². The van der Waals surface area contributed by atoms with E-state index in [1.54, 1.807) is 0 Å². The fraction of sp³-hybridized carbons (Fsp3) is 0.0769. The van der Waals surface area contributed by atoms with Gasteiger partial charge in [0.15, 0.2) is 0 Å². The van der Waals surface area contributed by atoms with E-state index in [0.717, 1.165) is 15.9 Å². The second-order valence-electron chi connectivity index (χ2n) is 3.78. The molecular formula is C13H8BrCl. The summed E-state index contributed by atoms with van der Waals surface area (Å²) in [6, 6.07) is 12.6. The van der Waals surface area contributed by atoms with Gasteiger partial charge in [0.05, 0.1) is 0 Å². The highest BCUT2D eigenvalue weighted by Gasteiger charge is 2.18. The maximum absolute atomic E-state index is 6.02. The summed E-state index contributed by atoms with van der Waals surface area (Å²) in [5.41, 5.74) is 5.34. The van der Waals surface area contributed by atoms with Crippen LogP contribution in [0.1, 0.15) is 11.1 Å². The van der Waals surface area contributed by atoms with Crippen molar-refractivity contribution in [2.45, 2.75) is 6.42 Å². The lowest BCUT2D eigenvalue weighted by Gasteiger charge is -2.01. The van der Waals surface area contributed by atoms with Crippen LogP contribution in [0.4, 0.5) is 0 Å². The first kappa shape index (κ1) is 9.44. The van der Waals surface area contributed by atoms with Crippen molar-refractivity contribution in [2.24, 2.45) is 0 Å². The van der Waals surface area contributed by atoms with Crippen molar-refractivity contribution in [2.75, 3.05) is 0 Å². The minimum absolute atomic E-state index is 0.807. The fourth-order valence-corrected chi connectivity index (χ4v) is 2.65. The molecule has 2 aromatic carbocycles. The van der Waals surface area contributed by atoms with E-state index in [2.05, 4.69) is 46.3 Å². The molecule has 0 atom stereocenters. The van der Waals surface area contributed by atoms with Crippen LogP contribution in [0, 0.1) is 0 Å². The Balaban J connectivity index is 2.28. The number of benzene rings is 2. The summed E-state index contributed by atoms with van der Waals surface area (Å²) >= 11 is 9.52. The topological polar surface area (TPSA) is 0 Å². The van der Waals surface area contributed by atoms with E-state index in [1.165, 1.54) is 22.3 Å². The van der Waals surface area contributed by atoms with Crippen LogP contribution < -0.4 is 0 Å². The summed E-state index contributed by atoms with van der Waals surface area (Å²) in [5, 5.41) is 0.807. The van der Waals surface area contributed by atoms with Gasteiger partial charge in [-0.15, -0.1) is 0 Å². The normalized spacial score (nSPS) is 12.4. The van der Waals surface area contributed by atoms with Crippen LogP contribution in [0.5, 0.6) is 0 Å². The Kier molecular flexibility index (Phi) is 2.11. The summed E-state index contributed by atoms with van der Waals surface area (Å²) < 4.78 is 1.12. The first-order valence-corrected chi connectivity index (χ1v) is 5.98. The molecule has 0 saturated carbocycles. The van der Waals surface area contributed by atoms with Crippen LogP contribution in [0.25, 0.3) is 11.1 Å². The standard InChI is InChI=1S/C13H8BrCl/c14-10-3-1-8-5-9-2-4-11(15)7-13(9)12(8)6-10/h1-4,6-7H,5H2. The monoisotopic (exact) mass is 278 g/mol. The molecule has 0 N–H and O–H groups in total. The highest BCUT2D eigenvalue weighted by Crippen LogP contribution is 2.39. The molecule has 0 heterocycles. The molecule has 0 fully saturated rings. The predicted molar refractivity (Wildman–Crippen MR) is 67.4 cm³/mol. The molecule has 2 heteroatoms. The molecule has 3 rings (SSSR count). The minimum Gasteiger partial charge on any atom is -0.0843 e. The Morgan fingerprint density at radius 3 is 2.40 bits per heavy atom. The second kappa shape index (κ2) is 3.36. The molecule has 0 aromatic heterocycles. The van der Waals surface area contributed by atoms with E-state index in [-0.39, 0.29) is 0 Å². The van der Waals surface area contributed by atoms with Gasteiger partial charge in [0.1, 0.15) is 0 Å². The number of fused-ring (bicyclic) bond motifs is 3. The molecule has 74 valence electrons. The first-order chi connectivity index (χ1) is 7.24. The van der Waals surface area contributed by atoms with Crippen molar-refractivity contribution < 1.29 is 0 Å². The van der Waals surface area contributed by atoms with Crippen LogP contribution >= 0.6 is 27.5 Å². The van der Waals surface area contributed by atoms with Gasteiger partial charge in [0.25, 0.3) is 0 Å². The van der Waals surface area contributed by atoms with Crippen LogP contribution in [-0.2, 0) is 6.42 Å². The third-order valence-electron chi connectivity index (χ3n) is 2.81. The summed E-state index contributed by atoms with van der Waals surface area (Å²) in [7, 11) is 0.